The van der Waals surface area contributed by atoms with E-state index in [0.717, 1.165) is 51.6 Å². The van der Waals surface area contributed by atoms with Gasteiger partial charge in [0.25, 0.3) is 0 Å². The molecule has 6 nitrogen and oxygen atoms in total. The zero-order chi connectivity index (χ0) is 26.1. The molecule has 198 valence electrons. The van der Waals surface area contributed by atoms with Crippen LogP contribution in [0.5, 0.6) is 0 Å². The number of pyridine rings is 1. The number of hydrogen-bond acceptors (Lipinski definition) is 6. The van der Waals surface area contributed by atoms with Crippen molar-refractivity contribution in [3.63, 3.8) is 0 Å². The van der Waals surface area contributed by atoms with Crippen LogP contribution >= 0.6 is 11.8 Å². The van der Waals surface area contributed by atoms with Crippen LogP contribution in [0.25, 0.3) is 28.0 Å². The highest BCUT2D eigenvalue weighted by Gasteiger charge is 2.23. The average Bonchev–Trinajstić information content (AvgIpc) is 3.66. The van der Waals surface area contributed by atoms with Crippen LogP contribution in [0.3, 0.4) is 0 Å². The molecule has 2 aliphatic rings. The number of fused-ring (bicyclic) bond motifs is 1. The van der Waals surface area contributed by atoms with Crippen LogP contribution in [0.15, 0.2) is 53.7 Å². The Labute approximate surface area is 227 Å². The largest absolute Gasteiger partial charge is 0.382 e. The molecule has 2 aliphatic carbocycles. The second-order valence-electron chi connectivity index (χ2n) is 10.8. The van der Waals surface area contributed by atoms with E-state index in [1.807, 2.05) is 16.8 Å². The van der Waals surface area contributed by atoms with Crippen LogP contribution in [0.2, 0.25) is 0 Å². The minimum absolute atomic E-state index is 0.261. The van der Waals surface area contributed by atoms with Crippen LogP contribution in [-0.2, 0) is 0 Å². The van der Waals surface area contributed by atoms with E-state index in [4.69, 9.17) is 10.1 Å². The van der Waals surface area contributed by atoms with E-state index in [1.165, 1.54) is 50.7 Å². The first-order valence-corrected chi connectivity index (χ1v) is 14.8. The fraction of sp³-hybridized carbons (Fsp3) is 0.433. The van der Waals surface area contributed by atoms with Gasteiger partial charge in [0.1, 0.15) is 16.5 Å². The van der Waals surface area contributed by atoms with Gasteiger partial charge in [0, 0.05) is 34.8 Å². The third-order valence-electron chi connectivity index (χ3n) is 7.50. The van der Waals surface area contributed by atoms with E-state index < -0.39 is 0 Å². The number of hydrogen-bond donors (Lipinski definition) is 2. The van der Waals surface area contributed by atoms with Gasteiger partial charge in [-0.15, -0.1) is 11.8 Å². The van der Waals surface area contributed by atoms with E-state index in [-0.39, 0.29) is 5.82 Å². The summed E-state index contributed by atoms with van der Waals surface area (Å²) in [5.74, 6) is 0.388. The molecule has 2 saturated carbocycles. The van der Waals surface area contributed by atoms with Gasteiger partial charge in [-0.05, 0) is 68.1 Å². The first kappa shape index (κ1) is 25.2. The van der Waals surface area contributed by atoms with Gasteiger partial charge in [-0.2, -0.15) is 5.10 Å². The summed E-state index contributed by atoms with van der Waals surface area (Å²) in [5.41, 5.74) is 5.50. The zero-order valence-corrected chi connectivity index (χ0v) is 22.9. The molecule has 8 heteroatoms. The van der Waals surface area contributed by atoms with Crippen LogP contribution in [0, 0.1) is 5.82 Å². The van der Waals surface area contributed by atoms with Crippen molar-refractivity contribution in [1.82, 2.24) is 19.6 Å². The summed E-state index contributed by atoms with van der Waals surface area (Å²) in [7, 11) is 0. The molecule has 3 heterocycles. The number of aromatic nitrogens is 4. The molecular weight excluding hydrogens is 495 g/mol. The molecule has 38 heavy (non-hydrogen) atoms. The highest BCUT2D eigenvalue weighted by molar-refractivity contribution is 7.99. The summed E-state index contributed by atoms with van der Waals surface area (Å²) < 4.78 is 15.9. The first-order chi connectivity index (χ1) is 18.5. The number of rotatable bonds is 8. The Morgan fingerprint density at radius 2 is 1.61 bits per heavy atom. The lowest BCUT2D eigenvalue weighted by Crippen LogP contribution is -2.16. The Morgan fingerprint density at radius 1 is 0.921 bits per heavy atom. The highest BCUT2D eigenvalue weighted by atomic mass is 32.2. The summed E-state index contributed by atoms with van der Waals surface area (Å²) >= 11 is 1.79. The molecule has 2 fully saturated rings. The van der Waals surface area contributed by atoms with Crippen LogP contribution in [0.1, 0.15) is 65.2 Å². The maximum atomic E-state index is 13.9. The maximum Gasteiger partial charge on any atom is 0.223 e. The van der Waals surface area contributed by atoms with Crippen LogP contribution in [-0.4, -0.2) is 36.9 Å². The Hall–Kier alpha value is -3.13. The summed E-state index contributed by atoms with van der Waals surface area (Å²) in [6.45, 7) is 4.40. The van der Waals surface area contributed by atoms with Crippen LogP contribution < -0.4 is 10.6 Å². The van der Waals surface area contributed by atoms with Gasteiger partial charge < -0.3 is 10.6 Å². The molecule has 0 bridgehead atoms. The maximum absolute atomic E-state index is 13.9. The summed E-state index contributed by atoms with van der Waals surface area (Å²) in [4.78, 5) is 9.51. The van der Waals surface area contributed by atoms with Crippen molar-refractivity contribution >= 4 is 28.9 Å². The third-order valence-corrected chi connectivity index (χ3v) is 8.50. The second kappa shape index (κ2) is 10.9. The van der Waals surface area contributed by atoms with Gasteiger partial charge in [0.2, 0.25) is 5.95 Å². The van der Waals surface area contributed by atoms with E-state index in [1.54, 1.807) is 23.9 Å². The van der Waals surface area contributed by atoms with E-state index >= 15 is 0 Å². The molecule has 6 rings (SSSR count). The standard InChI is InChI=1S/C30H35FN6S/c1-19(2)38-27-18-24(33-22-7-3-4-8-22)17-26-28(29(36-37(26)27)20-11-13-21(31)14-12-20)25-15-16-32-30(35-25)34-23-9-5-6-10-23/h11-19,22-23,33H,3-10H2,1-2H3,(H,32,34,35). The predicted octanol–water partition coefficient (Wildman–Crippen LogP) is 7.81. The Morgan fingerprint density at radius 3 is 2.29 bits per heavy atom. The van der Waals surface area contributed by atoms with Crippen LogP contribution in [0.4, 0.5) is 16.0 Å². The average molecular weight is 531 g/mol. The molecule has 4 aromatic rings. The lowest BCUT2D eigenvalue weighted by Gasteiger charge is -2.16. The summed E-state index contributed by atoms with van der Waals surface area (Å²) in [6.07, 6.45) is 11.6. The van der Waals surface area contributed by atoms with E-state index in [9.17, 15) is 4.39 Å². The third kappa shape index (κ3) is 5.37. The second-order valence-corrected chi connectivity index (χ2v) is 12.4. The minimum Gasteiger partial charge on any atom is -0.382 e. The van der Waals surface area contributed by atoms with E-state index in [0.29, 0.717) is 23.3 Å². The molecule has 2 N–H and O–H groups in total. The quantitative estimate of drug-likeness (QED) is 0.227. The lowest BCUT2D eigenvalue weighted by atomic mass is 10.0. The topological polar surface area (TPSA) is 67.1 Å². The first-order valence-electron chi connectivity index (χ1n) is 13.9. The fourth-order valence-corrected chi connectivity index (χ4v) is 6.63. The Bertz CT molecular complexity index is 1400. The van der Waals surface area contributed by atoms with Gasteiger partial charge in [-0.3, -0.25) is 0 Å². The number of nitrogens with zero attached hydrogens (tertiary/aromatic N) is 4. The van der Waals surface area contributed by atoms with Gasteiger partial charge >= 0.3 is 0 Å². The van der Waals surface area contributed by atoms with E-state index in [2.05, 4.69) is 41.6 Å². The normalized spacial score (nSPS) is 16.6. The molecule has 3 aromatic heterocycles. The SMILES string of the molecule is CC(C)Sc1cc(NC2CCCC2)cc2c(-c3ccnc(NC4CCCC4)n3)c(-c3ccc(F)cc3)nn12. The molecule has 0 radical (unpaired) electrons. The van der Waals surface area contributed by atoms with Gasteiger partial charge in [0.15, 0.2) is 0 Å². The molecule has 0 unspecified atom stereocenters. The molecular formula is C30H35FN6S. The number of benzene rings is 1. The predicted molar refractivity (Wildman–Crippen MR) is 154 cm³/mol. The smallest absolute Gasteiger partial charge is 0.223 e. The van der Waals surface area contributed by atoms with Crippen molar-refractivity contribution in [2.24, 2.45) is 0 Å². The van der Waals surface area contributed by atoms with Crippen molar-refractivity contribution in [2.45, 2.75) is 87.6 Å². The molecule has 0 amide bonds. The molecule has 0 aliphatic heterocycles. The zero-order valence-electron chi connectivity index (χ0n) is 22.1. The fourth-order valence-electron chi connectivity index (χ4n) is 5.71. The van der Waals surface area contributed by atoms with Gasteiger partial charge in [0.05, 0.1) is 16.8 Å². The molecule has 0 saturated heterocycles. The highest BCUT2D eigenvalue weighted by Crippen LogP contribution is 2.39. The monoisotopic (exact) mass is 530 g/mol. The van der Waals surface area contributed by atoms with Gasteiger partial charge in [-0.1, -0.05) is 39.5 Å². The van der Waals surface area contributed by atoms with Crippen molar-refractivity contribution in [1.29, 1.82) is 0 Å². The number of anilines is 2. The summed E-state index contributed by atoms with van der Waals surface area (Å²) in [6, 6.07) is 13.9. The Kier molecular flexibility index (Phi) is 7.24. The Balaban J connectivity index is 1.52. The number of nitrogens with one attached hydrogen (secondary N) is 2. The minimum atomic E-state index is -0.261. The van der Waals surface area contributed by atoms with Crippen molar-refractivity contribution in [3.8, 4) is 22.5 Å². The van der Waals surface area contributed by atoms with Crippen molar-refractivity contribution in [2.75, 3.05) is 10.6 Å². The summed E-state index contributed by atoms with van der Waals surface area (Å²) in [5, 5.41) is 13.9. The van der Waals surface area contributed by atoms with Crippen molar-refractivity contribution in [3.05, 3.63) is 54.5 Å². The van der Waals surface area contributed by atoms with Crippen molar-refractivity contribution < 1.29 is 4.39 Å². The van der Waals surface area contributed by atoms with Gasteiger partial charge in [-0.25, -0.2) is 18.9 Å². The molecule has 0 atom stereocenters. The lowest BCUT2D eigenvalue weighted by molar-refractivity contribution is 0.628. The molecule has 0 spiro atoms. The number of thioether (sulfide) groups is 1. The number of halogens is 1. The molecule has 1 aromatic carbocycles.